The van der Waals surface area contributed by atoms with Crippen LogP contribution >= 0.6 is 0 Å². The normalized spacial score (nSPS) is 35.1. The molecule has 21 heavy (non-hydrogen) atoms. The van der Waals surface area contributed by atoms with Crippen molar-refractivity contribution < 1.29 is 0 Å². The van der Waals surface area contributed by atoms with Gasteiger partial charge in [-0.2, -0.15) is 0 Å². The lowest BCUT2D eigenvalue weighted by atomic mass is 9.71. The molecule has 0 aliphatic heterocycles. The molecular formula is C19H38N2. The Morgan fingerprint density at radius 3 is 1.76 bits per heavy atom. The third kappa shape index (κ3) is 4.69. The summed E-state index contributed by atoms with van der Waals surface area (Å²) in [6, 6.07) is 2.14. The van der Waals surface area contributed by atoms with Crippen LogP contribution in [0.15, 0.2) is 0 Å². The minimum absolute atomic E-state index is 0.473. The van der Waals surface area contributed by atoms with E-state index in [1.165, 1.54) is 64.3 Å². The fraction of sp³-hybridized carbons (Fsp3) is 1.00. The van der Waals surface area contributed by atoms with Gasteiger partial charge in [0.05, 0.1) is 0 Å². The molecule has 2 nitrogen and oxygen atoms in total. The average molecular weight is 295 g/mol. The SMILES string of the molecule is CCCN(C1CCC(N)CC1)C1CCC(C(C)(C)C)CC1. The van der Waals surface area contributed by atoms with Crippen LogP contribution in [0.1, 0.15) is 85.5 Å². The molecule has 0 aromatic heterocycles. The van der Waals surface area contributed by atoms with Crippen LogP contribution in [0.25, 0.3) is 0 Å². The van der Waals surface area contributed by atoms with E-state index in [9.17, 15) is 0 Å². The molecule has 0 amide bonds. The number of nitrogens with zero attached hydrogens (tertiary/aromatic N) is 1. The molecule has 0 atom stereocenters. The van der Waals surface area contributed by atoms with E-state index in [4.69, 9.17) is 5.73 Å². The van der Waals surface area contributed by atoms with Gasteiger partial charge in [-0.1, -0.05) is 27.7 Å². The Hall–Kier alpha value is -0.0800. The molecule has 0 heterocycles. The van der Waals surface area contributed by atoms with Crippen molar-refractivity contribution >= 4 is 0 Å². The van der Waals surface area contributed by atoms with Gasteiger partial charge in [-0.3, -0.25) is 4.90 Å². The molecule has 2 aliphatic rings. The summed E-state index contributed by atoms with van der Waals surface area (Å²) in [7, 11) is 0. The van der Waals surface area contributed by atoms with E-state index in [0.29, 0.717) is 11.5 Å². The van der Waals surface area contributed by atoms with E-state index in [-0.39, 0.29) is 0 Å². The lowest BCUT2D eigenvalue weighted by Crippen LogP contribution is -2.48. The van der Waals surface area contributed by atoms with Crippen molar-refractivity contribution in [2.75, 3.05) is 6.54 Å². The molecule has 124 valence electrons. The fourth-order valence-electron chi connectivity index (χ4n) is 4.63. The molecule has 0 spiro atoms. The minimum atomic E-state index is 0.473. The molecule has 0 aromatic rings. The first-order valence-corrected chi connectivity index (χ1v) is 9.43. The van der Waals surface area contributed by atoms with Gasteiger partial charge < -0.3 is 5.73 Å². The Labute approximate surface area is 132 Å². The second kappa shape index (κ2) is 7.46. The molecule has 0 bridgehead atoms. The fourth-order valence-corrected chi connectivity index (χ4v) is 4.63. The van der Waals surface area contributed by atoms with Crippen molar-refractivity contribution in [2.24, 2.45) is 17.1 Å². The Balaban J connectivity index is 1.91. The summed E-state index contributed by atoms with van der Waals surface area (Å²) >= 11 is 0. The van der Waals surface area contributed by atoms with Gasteiger partial charge in [-0.25, -0.2) is 0 Å². The molecule has 2 fully saturated rings. The van der Waals surface area contributed by atoms with Crippen LogP contribution < -0.4 is 5.73 Å². The summed E-state index contributed by atoms with van der Waals surface area (Å²) in [5.74, 6) is 0.928. The van der Waals surface area contributed by atoms with E-state index in [2.05, 4.69) is 32.6 Å². The summed E-state index contributed by atoms with van der Waals surface area (Å²) < 4.78 is 0. The Bertz CT molecular complexity index is 291. The quantitative estimate of drug-likeness (QED) is 0.822. The van der Waals surface area contributed by atoms with Gasteiger partial charge in [0.2, 0.25) is 0 Å². The van der Waals surface area contributed by atoms with Crippen LogP contribution in [0.5, 0.6) is 0 Å². The van der Waals surface area contributed by atoms with Crippen LogP contribution in [0, 0.1) is 11.3 Å². The zero-order chi connectivity index (χ0) is 15.5. The third-order valence-corrected chi connectivity index (χ3v) is 6.08. The highest BCUT2D eigenvalue weighted by Crippen LogP contribution is 2.40. The minimum Gasteiger partial charge on any atom is -0.328 e. The highest BCUT2D eigenvalue weighted by Gasteiger charge is 2.34. The molecule has 2 saturated carbocycles. The van der Waals surface area contributed by atoms with Gasteiger partial charge >= 0.3 is 0 Å². The number of hydrogen-bond acceptors (Lipinski definition) is 2. The predicted octanol–water partition coefficient (Wildman–Crippen LogP) is 4.57. The van der Waals surface area contributed by atoms with Gasteiger partial charge in [0.25, 0.3) is 0 Å². The molecule has 0 saturated heterocycles. The Morgan fingerprint density at radius 1 is 0.857 bits per heavy atom. The lowest BCUT2D eigenvalue weighted by Gasteiger charge is -2.45. The monoisotopic (exact) mass is 294 g/mol. The van der Waals surface area contributed by atoms with Crippen molar-refractivity contribution in [3.8, 4) is 0 Å². The summed E-state index contributed by atoms with van der Waals surface area (Å²) in [6.45, 7) is 10.9. The van der Waals surface area contributed by atoms with Gasteiger partial charge in [-0.15, -0.1) is 0 Å². The summed E-state index contributed by atoms with van der Waals surface area (Å²) in [5.41, 5.74) is 6.60. The van der Waals surface area contributed by atoms with Gasteiger partial charge in [-0.05, 0) is 75.7 Å². The maximum absolute atomic E-state index is 6.10. The van der Waals surface area contributed by atoms with Crippen LogP contribution in [0.3, 0.4) is 0 Å². The molecular weight excluding hydrogens is 256 g/mol. The maximum atomic E-state index is 6.10. The summed E-state index contributed by atoms with van der Waals surface area (Å²) in [5, 5.41) is 0. The topological polar surface area (TPSA) is 29.3 Å². The van der Waals surface area contributed by atoms with E-state index in [1.807, 2.05) is 0 Å². The standard InChI is InChI=1S/C19H38N2/c1-5-14-21(18-12-8-16(20)9-13-18)17-10-6-15(7-11-17)19(2,3)4/h15-18H,5-14,20H2,1-4H3. The first-order valence-electron chi connectivity index (χ1n) is 9.43. The van der Waals surface area contributed by atoms with Crippen LogP contribution in [-0.2, 0) is 0 Å². The molecule has 2 N–H and O–H groups in total. The van der Waals surface area contributed by atoms with E-state index in [0.717, 1.165) is 18.0 Å². The molecule has 2 heteroatoms. The summed E-state index contributed by atoms with van der Waals surface area (Å²) in [6.07, 6.45) is 12.1. The maximum Gasteiger partial charge on any atom is 0.00993 e. The Morgan fingerprint density at radius 2 is 1.33 bits per heavy atom. The molecule has 2 aliphatic carbocycles. The Kier molecular flexibility index (Phi) is 6.14. The molecule has 0 unspecified atom stereocenters. The second-order valence-corrected chi connectivity index (χ2v) is 8.68. The second-order valence-electron chi connectivity index (χ2n) is 8.68. The number of hydrogen-bond donors (Lipinski definition) is 1. The van der Waals surface area contributed by atoms with Gasteiger partial charge in [0.1, 0.15) is 0 Å². The van der Waals surface area contributed by atoms with E-state index < -0.39 is 0 Å². The van der Waals surface area contributed by atoms with Crippen LogP contribution in [-0.4, -0.2) is 29.6 Å². The molecule has 0 aromatic carbocycles. The zero-order valence-electron chi connectivity index (χ0n) is 14.9. The van der Waals surface area contributed by atoms with Crippen molar-refractivity contribution in [3.63, 3.8) is 0 Å². The highest BCUT2D eigenvalue weighted by atomic mass is 15.2. The first-order chi connectivity index (χ1) is 9.91. The van der Waals surface area contributed by atoms with Crippen LogP contribution in [0.2, 0.25) is 0 Å². The van der Waals surface area contributed by atoms with E-state index in [1.54, 1.807) is 0 Å². The van der Waals surface area contributed by atoms with E-state index >= 15 is 0 Å². The molecule has 0 radical (unpaired) electrons. The number of rotatable bonds is 4. The summed E-state index contributed by atoms with van der Waals surface area (Å²) in [4.78, 5) is 2.88. The smallest absolute Gasteiger partial charge is 0.00993 e. The predicted molar refractivity (Wildman–Crippen MR) is 92.4 cm³/mol. The number of nitrogens with two attached hydrogens (primary N) is 1. The van der Waals surface area contributed by atoms with Crippen molar-refractivity contribution in [1.29, 1.82) is 0 Å². The largest absolute Gasteiger partial charge is 0.328 e. The lowest BCUT2D eigenvalue weighted by molar-refractivity contribution is 0.0498. The molecule has 2 rings (SSSR count). The van der Waals surface area contributed by atoms with Crippen molar-refractivity contribution in [3.05, 3.63) is 0 Å². The third-order valence-electron chi connectivity index (χ3n) is 6.08. The van der Waals surface area contributed by atoms with Crippen LogP contribution in [0.4, 0.5) is 0 Å². The van der Waals surface area contributed by atoms with Crippen molar-refractivity contribution in [2.45, 2.75) is 104 Å². The van der Waals surface area contributed by atoms with Crippen molar-refractivity contribution in [1.82, 2.24) is 4.90 Å². The van der Waals surface area contributed by atoms with Gasteiger partial charge in [0, 0.05) is 18.1 Å². The first kappa shape index (κ1) is 17.3. The average Bonchev–Trinajstić information content (AvgIpc) is 2.45. The highest BCUT2D eigenvalue weighted by molar-refractivity contribution is 4.89. The van der Waals surface area contributed by atoms with Gasteiger partial charge in [0.15, 0.2) is 0 Å². The zero-order valence-corrected chi connectivity index (χ0v) is 14.9.